The second kappa shape index (κ2) is 6.79. The number of hydrogen-bond donors (Lipinski definition) is 1. The molecule has 0 amide bonds. The normalized spacial score (nSPS) is 10.8. The van der Waals surface area contributed by atoms with Crippen LogP contribution in [0, 0.1) is 0 Å². The molecule has 0 saturated heterocycles. The van der Waals surface area contributed by atoms with Gasteiger partial charge in [-0.25, -0.2) is 9.78 Å². The number of nitrogens with zero attached hydrogens (tertiary/aromatic N) is 1. The molecule has 0 fully saturated rings. The third-order valence-electron chi connectivity index (χ3n) is 3.22. The standard InChI is InChI=1S/C16H19NO4S/c1-9(2)15-17-11(14(22-15)16(18)19)7-10-5-6-12(20-3)13(8-10)21-4/h5-6,8-9H,7H2,1-4H3,(H,18,19). The van der Waals surface area contributed by atoms with E-state index in [9.17, 15) is 9.90 Å². The zero-order valence-corrected chi connectivity index (χ0v) is 13.9. The third kappa shape index (κ3) is 3.39. The van der Waals surface area contributed by atoms with E-state index in [-0.39, 0.29) is 5.92 Å². The molecule has 0 aliphatic heterocycles. The maximum atomic E-state index is 11.4. The number of hydrogen-bond acceptors (Lipinski definition) is 5. The molecule has 2 rings (SSSR count). The van der Waals surface area contributed by atoms with Gasteiger partial charge in [0.1, 0.15) is 4.88 Å². The Labute approximate surface area is 133 Å². The van der Waals surface area contributed by atoms with E-state index in [0.29, 0.717) is 28.5 Å². The highest BCUT2D eigenvalue weighted by molar-refractivity contribution is 7.13. The van der Waals surface area contributed by atoms with E-state index in [1.165, 1.54) is 11.3 Å². The SMILES string of the molecule is COc1ccc(Cc2nc(C(C)C)sc2C(=O)O)cc1OC. The summed E-state index contributed by atoms with van der Waals surface area (Å²) in [7, 11) is 3.15. The molecule has 1 N–H and O–H groups in total. The summed E-state index contributed by atoms with van der Waals surface area (Å²) in [6.45, 7) is 4.01. The Balaban J connectivity index is 2.36. The molecule has 118 valence electrons. The Morgan fingerprint density at radius 3 is 2.50 bits per heavy atom. The van der Waals surface area contributed by atoms with Gasteiger partial charge < -0.3 is 14.6 Å². The maximum Gasteiger partial charge on any atom is 0.347 e. The second-order valence-electron chi connectivity index (χ2n) is 5.15. The summed E-state index contributed by atoms with van der Waals surface area (Å²) < 4.78 is 10.5. The van der Waals surface area contributed by atoms with E-state index in [2.05, 4.69) is 4.98 Å². The molecule has 0 aliphatic rings. The van der Waals surface area contributed by atoms with Gasteiger partial charge in [0.15, 0.2) is 11.5 Å². The van der Waals surface area contributed by atoms with Gasteiger partial charge in [-0.2, -0.15) is 0 Å². The number of benzene rings is 1. The van der Waals surface area contributed by atoms with Gasteiger partial charge in [-0.1, -0.05) is 19.9 Å². The number of rotatable bonds is 6. The van der Waals surface area contributed by atoms with Gasteiger partial charge in [-0.05, 0) is 17.7 Å². The topological polar surface area (TPSA) is 68.7 Å². The minimum atomic E-state index is -0.931. The number of carboxylic acids is 1. The van der Waals surface area contributed by atoms with Crippen LogP contribution in [0.25, 0.3) is 0 Å². The molecule has 0 radical (unpaired) electrons. The fourth-order valence-corrected chi connectivity index (χ4v) is 3.01. The average molecular weight is 321 g/mol. The maximum absolute atomic E-state index is 11.4. The summed E-state index contributed by atoms with van der Waals surface area (Å²) in [6, 6.07) is 5.55. The molecule has 0 bridgehead atoms. The van der Waals surface area contributed by atoms with Crippen molar-refractivity contribution < 1.29 is 19.4 Å². The molecule has 1 aromatic carbocycles. The van der Waals surface area contributed by atoms with Crippen molar-refractivity contribution in [3.63, 3.8) is 0 Å². The average Bonchev–Trinajstić information content (AvgIpc) is 2.91. The number of carboxylic acid groups (broad SMARTS) is 1. The van der Waals surface area contributed by atoms with Crippen molar-refractivity contribution in [2.45, 2.75) is 26.2 Å². The van der Waals surface area contributed by atoms with Gasteiger partial charge in [0.2, 0.25) is 0 Å². The van der Waals surface area contributed by atoms with E-state index in [1.54, 1.807) is 14.2 Å². The summed E-state index contributed by atoms with van der Waals surface area (Å²) in [4.78, 5) is 16.2. The van der Waals surface area contributed by atoms with Gasteiger partial charge in [0.05, 0.1) is 24.9 Å². The van der Waals surface area contributed by atoms with Crippen molar-refractivity contribution in [1.29, 1.82) is 0 Å². The summed E-state index contributed by atoms with van der Waals surface area (Å²) in [5.41, 5.74) is 1.52. The first-order valence-electron chi connectivity index (χ1n) is 6.90. The summed E-state index contributed by atoms with van der Waals surface area (Å²) in [6.07, 6.45) is 0.450. The number of methoxy groups -OCH3 is 2. The molecule has 6 heteroatoms. The Morgan fingerprint density at radius 2 is 1.95 bits per heavy atom. The van der Waals surface area contributed by atoms with Crippen LogP contribution in [0.4, 0.5) is 0 Å². The number of ether oxygens (including phenoxy) is 2. The van der Waals surface area contributed by atoms with E-state index in [1.807, 2.05) is 32.0 Å². The first kappa shape index (κ1) is 16.3. The lowest BCUT2D eigenvalue weighted by molar-refractivity contribution is 0.0701. The Kier molecular flexibility index (Phi) is 5.03. The first-order chi connectivity index (χ1) is 10.5. The Bertz CT molecular complexity index is 679. The molecule has 1 heterocycles. The largest absolute Gasteiger partial charge is 0.493 e. The highest BCUT2D eigenvalue weighted by Crippen LogP contribution is 2.30. The summed E-state index contributed by atoms with van der Waals surface area (Å²) >= 11 is 1.25. The molecular weight excluding hydrogens is 302 g/mol. The number of aromatic nitrogens is 1. The molecule has 0 aliphatic carbocycles. The van der Waals surface area contributed by atoms with Crippen LogP contribution >= 0.6 is 11.3 Å². The van der Waals surface area contributed by atoms with Crippen LogP contribution in [-0.4, -0.2) is 30.3 Å². The van der Waals surface area contributed by atoms with Crippen molar-refractivity contribution in [2.75, 3.05) is 14.2 Å². The van der Waals surface area contributed by atoms with Gasteiger partial charge in [-0.15, -0.1) is 11.3 Å². The minimum absolute atomic E-state index is 0.210. The third-order valence-corrected chi connectivity index (χ3v) is 4.61. The monoisotopic (exact) mass is 321 g/mol. The lowest BCUT2D eigenvalue weighted by atomic mass is 10.1. The van der Waals surface area contributed by atoms with Crippen LogP contribution < -0.4 is 9.47 Å². The van der Waals surface area contributed by atoms with Crippen LogP contribution in [0.3, 0.4) is 0 Å². The Morgan fingerprint density at radius 1 is 1.27 bits per heavy atom. The number of thiazole rings is 1. The predicted octanol–water partition coefficient (Wildman–Crippen LogP) is 3.57. The first-order valence-corrected chi connectivity index (χ1v) is 7.71. The molecule has 0 atom stereocenters. The van der Waals surface area contributed by atoms with Gasteiger partial charge in [0.25, 0.3) is 0 Å². The van der Waals surface area contributed by atoms with Gasteiger partial charge >= 0.3 is 5.97 Å². The fourth-order valence-electron chi connectivity index (χ4n) is 2.09. The highest BCUT2D eigenvalue weighted by atomic mass is 32.1. The lowest BCUT2D eigenvalue weighted by Crippen LogP contribution is -2.00. The highest BCUT2D eigenvalue weighted by Gasteiger charge is 2.19. The van der Waals surface area contributed by atoms with Crippen LogP contribution in [0.15, 0.2) is 18.2 Å². The Hall–Kier alpha value is -2.08. The van der Waals surface area contributed by atoms with E-state index < -0.39 is 5.97 Å². The zero-order chi connectivity index (χ0) is 16.3. The molecule has 5 nitrogen and oxygen atoms in total. The number of aromatic carboxylic acids is 1. The minimum Gasteiger partial charge on any atom is -0.493 e. The molecule has 2 aromatic rings. The quantitative estimate of drug-likeness (QED) is 0.881. The van der Waals surface area contributed by atoms with Gasteiger partial charge in [0, 0.05) is 12.3 Å². The smallest absolute Gasteiger partial charge is 0.347 e. The van der Waals surface area contributed by atoms with Crippen molar-refractivity contribution in [3.05, 3.63) is 39.3 Å². The predicted molar refractivity (Wildman–Crippen MR) is 85.5 cm³/mol. The fraction of sp³-hybridized carbons (Fsp3) is 0.375. The molecular formula is C16H19NO4S. The van der Waals surface area contributed by atoms with Crippen molar-refractivity contribution in [2.24, 2.45) is 0 Å². The van der Waals surface area contributed by atoms with Crippen LogP contribution in [-0.2, 0) is 6.42 Å². The lowest BCUT2D eigenvalue weighted by Gasteiger charge is -2.09. The molecule has 0 spiro atoms. The molecule has 22 heavy (non-hydrogen) atoms. The number of carbonyl (C=O) groups is 1. The van der Waals surface area contributed by atoms with E-state index in [4.69, 9.17) is 9.47 Å². The second-order valence-corrected chi connectivity index (χ2v) is 6.18. The van der Waals surface area contributed by atoms with Crippen LogP contribution in [0.5, 0.6) is 11.5 Å². The van der Waals surface area contributed by atoms with E-state index in [0.717, 1.165) is 10.6 Å². The molecule has 1 aromatic heterocycles. The molecule has 0 unspecified atom stereocenters. The summed E-state index contributed by atoms with van der Waals surface area (Å²) in [5.74, 6) is 0.546. The van der Waals surface area contributed by atoms with Crippen molar-refractivity contribution >= 4 is 17.3 Å². The summed E-state index contributed by atoms with van der Waals surface area (Å²) in [5, 5.41) is 10.2. The van der Waals surface area contributed by atoms with Crippen molar-refractivity contribution in [1.82, 2.24) is 4.98 Å². The zero-order valence-electron chi connectivity index (χ0n) is 13.0. The molecule has 0 saturated carbocycles. The van der Waals surface area contributed by atoms with Crippen LogP contribution in [0.2, 0.25) is 0 Å². The van der Waals surface area contributed by atoms with Crippen molar-refractivity contribution in [3.8, 4) is 11.5 Å². The van der Waals surface area contributed by atoms with E-state index >= 15 is 0 Å². The van der Waals surface area contributed by atoms with Gasteiger partial charge in [-0.3, -0.25) is 0 Å². The van der Waals surface area contributed by atoms with Crippen LogP contribution in [0.1, 0.15) is 45.7 Å².